The van der Waals surface area contributed by atoms with E-state index >= 15 is 0 Å². The van der Waals surface area contributed by atoms with Gasteiger partial charge in [-0.1, -0.05) is 34.6 Å². The zero-order chi connectivity index (χ0) is 19.4. The summed E-state index contributed by atoms with van der Waals surface area (Å²) in [4.78, 5) is 21.0. The Bertz CT molecular complexity index is 944. The van der Waals surface area contributed by atoms with Crippen molar-refractivity contribution in [3.63, 3.8) is 0 Å². The van der Waals surface area contributed by atoms with E-state index in [0.29, 0.717) is 21.6 Å². The molecule has 7 nitrogen and oxygen atoms in total. The molecule has 0 bridgehead atoms. The van der Waals surface area contributed by atoms with Crippen molar-refractivity contribution >= 4 is 29.3 Å². The Hall–Kier alpha value is -2.45. The Kier molecular flexibility index (Phi) is 6.08. The number of amides is 1. The van der Waals surface area contributed by atoms with Crippen molar-refractivity contribution in [2.75, 3.05) is 0 Å². The monoisotopic (exact) mass is 402 g/mol. The minimum Gasteiger partial charge on any atom is -0.348 e. The second kappa shape index (κ2) is 8.49. The Morgan fingerprint density at radius 3 is 2.70 bits per heavy atom. The highest BCUT2D eigenvalue weighted by molar-refractivity contribution is 7.98. The summed E-state index contributed by atoms with van der Waals surface area (Å²) < 4.78 is 1.64. The number of carbonyl (C=O) groups is 1. The fourth-order valence-corrected chi connectivity index (χ4v) is 3.32. The van der Waals surface area contributed by atoms with Gasteiger partial charge in [0.15, 0.2) is 10.9 Å². The molecule has 2 aromatic heterocycles. The van der Waals surface area contributed by atoms with Crippen LogP contribution in [0.25, 0.3) is 5.69 Å². The maximum Gasteiger partial charge on any atom is 0.274 e. The SMILES string of the molecule is Cc1ccc(-n2nnc(C(=O)NC(C)C)c2CSc2ncccn2)cc1Cl. The molecule has 0 aliphatic rings. The molecular weight excluding hydrogens is 384 g/mol. The van der Waals surface area contributed by atoms with Crippen LogP contribution < -0.4 is 5.32 Å². The number of hydrogen-bond acceptors (Lipinski definition) is 6. The molecule has 27 heavy (non-hydrogen) atoms. The topological polar surface area (TPSA) is 85.6 Å². The van der Waals surface area contributed by atoms with E-state index in [4.69, 9.17) is 11.6 Å². The van der Waals surface area contributed by atoms with Crippen LogP contribution in [-0.2, 0) is 5.75 Å². The van der Waals surface area contributed by atoms with Crippen LogP contribution in [0, 0.1) is 6.92 Å². The number of rotatable bonds is 6. The number of nitrogens with zero attached hydrogens (tertiary/aromatic N) is 5. The molecule has 1 amide bonds. The average Bonchev–Trinajstić information content (AvgIpc) is 3.06. The summed E-state index contributed by atoms with van der Waals surface area (Å²) in [5.74, 6) is 0.169. The molecule has 0 radical (unpaired) electrons. The van der Waals surface area contributed by atoms with Crippen molar-refractivity contribution in [2.24, 2.45) is 0 Å². The third kappa shape index (κ3) is 4.64. The fraction of sp³-hybridized carbons (Fsp3) is 0.278. The summed E-state index contributed by atoms with van der Waals surface area (Å²) in [5.41, 5.74) is 2.65. The van der Waals surface area contributed by atoms with Gasteiger partial charge in [0, 0.05) is 29.2 Å². The zero-order valence-corrected chi connectivity index (χ0v) is 16.8. The Morgan fingerprint density at radius 1 is 1.30 bits per heavy atom. The highest BCUT2D eigenvalue weighted by Gasteiger charge is 2.22. The van der Waals surface area contributed by atoms with Crippen molar-refractivity contribution in [3.05, 3.63) is 58.6 Å². The number of carbonyl (C=O) groups excluding carboxylic acids is 1. The zero-order valence-electron chi connectivity index (χ0n) is 15.2. The predicted octanol–water partition coefficient (Wildman–Crippen LogP) is 3.45. The summed E-state index contributed by atoms with van der Waals surface area (Å²) >= 11 is 7.67. The summed E-state index contributed by atoms with van der Waals surface area (Å²) in [7, 11) is 0. The summed E-state index contributed by atoms with van der Waals surface area (Å²) in [6, 6.07) is 7.36. The standard InChI is InChI=1S/C18H19ClN6OS/c1-11(2)22-17(26)16-15(10-27-18-20-7-4-8-21-18)25(24-23-16)13-6-5-12(3)14(19)9-13/h4-9,11H,10H2,1-3H3,(H,22,26). The van der Waals surface area contributed by atoms with Crippen LogP contribution in [0.4, 0.5) is 0 Å². The van der Waals surface area contributed by atoms with Gasteiger partial charge in [0.05, 0.1) is 11.4 Å². The van der Waals surface area contributed by atoms with Crippen LogP contribution in [0.5, 0.6) is 0 Å². The minimum absolute atomic E-state index is 0.00516. The average molecular weight is 403 g/mol. The molecule has 1 N–H and O–H groups in total. The van der Waals surface area contributed by atoms with Gasteiger partial charge in [0.1, 0.15) is 0 Å². The number of hydrogen-bond donors (Lipinski definition) is 1. The van der Waals surface area contributed by atoms with Gasteiger partial charge < -0.3 is 5.32 Å². The largest absolute Gasteiger partial charge is 0.348 e. The van der Waals surface area contributed by atoms with E-state index in [-0.39, 0.29) is 17.6 Å². The first-order valence-electron chi connectivity index (χ1n) is 8.37. The number of aryl methyl sites for hydroxylation is 1. The van der Waals surface area contributed by atoms with Gasteiger partial charge in [-0.3, -0.25) is 4.79 Å². The van der Waals surface area contributed by atoms with Gasteiger partial charge in [-0.25, -0.2) is 14.6 Å². The van der Waals surface area contributed by atoms with Gasteiger partial charge >= 0.3 is 0 Å². The van der Waals surface area contributed by atoms with Crippen molar-refractivity contribution < 1.29 is 4.79 Å². The van der Waals surface area contributed by atoms with E-state index in [2.05, 4.69) is 25.6 Å². The molecule has 0 aliphatic heterocycles. The lowest BCUT2D eigenvalue weighted by atomic mass is 10.2. The smallest absolute Gasteiger partial charge is 0.274 e. The lowest BCUT2D eigenvalue weighted by Gasteiger charge is -2.10. The van der Waals surface area contributed by atoms with Gasteiger partial charge in [0.25, 0.3) is 5.91 Å². The molecule has 0 aliphatic carbocycles. The lowest BCUT2D eigenvalue weighted by Crippen LogP contribution is -2.31. The number of nitrogens with one attached hydrogen (secondary N) is 1. The molecule has 0 unspecified atom stereocenters. The first-order valence-corrected chi connectivity index (χ1v) is 9.74. The molecule has 3 rings (SSSR count). The van der Waals surface area contributed by atoms with Crippen molar-refractivity contribution in [3.8, 4) is 5.69 Å². The van der Waals surface area contributed by atoms with Gasteiger partial charge in [-0.05, 0) is 44.5 Å². The molecule has 0 fully saturated rings. The van der Waals surface area contributed by atoms with E-state index in [9.17, 15) is 4.79 Å². The Labute approximate surface area is 166 Å². The maximum absolute atomic E-state index is 12.6. The molecule has 0 saturated carbocycles. The third-order valence-corrected chi connectivity index (χ3v) is 4.97. The van der Waals surface area contributed by atoms with Crippen molar-refractivity contribution in [1.82, 2.24) is 30.3 Å². The first kappa shape index (κ1) is 19.3. The number of benzene rings is 1. The highest BCUT2D eigenvalue weighted by atomic mass is 35.5. The van der Waals surface area contributed by atoms with E-state index in [1.54, 1.807) is 23.1 Å². The van der Waals surface area contributed by atoms with Crippen LogP contribution in [0.2, 0.25) is 5.02 Å². The molecule has 1 aromatic carbocycles. The molecule has 0 atom stereocenters. The predicted molar refractivity (Wildman–Crippen MR) is 105 cm³/mol. The van der Waals surface area contributed by atoms with Crippen molar-refractivity contribution in [2.45, 2.75) is 37.7 Å². The molecule has 0 saturated heterocycles. The number of thioether (sulfide) groups is 1. The van der Waals surface area contributed by atoms with E-state index in [1.807, 2.05) is 39.0 Å². The molecule has 2 heterocycles. The molecule has 3 aromatic rings. The van der Waals surface area contributed by atoms with E-state index in [0.717, 1.165) is 11.3 Å². The van der Waals surface area contributed by atoms with Crippen LogP contribution in [0.15, 0.2) is 41.8 Å². The quantitative estimate of drug-likeness (QED) is 0.502. The number of aromatic nitrogens is 5. The van der Waals surface area contributed by atoms with E-state index < -0.39 is 0 Å². The Morgan fingerprint density at radius 2 is 2.04 bits per heavy atom. The second-order valence-electron chi connectivity index (χ2n) is 6.18. The molecule has 9 heteroatoms. The number of halogens is 1. The third-order valence-electron chi connectivity index (χ3n) is 3.68. The lowest BCUT2D eigenvalue weighted by molar-refractivity contribution is 0.0937. The highest BCUT2D eigenvalue weighted by Crippen LogP contribution is 2.25. The second-order valence-corrected chi connectivity index (χ2v) is 7.53. The summed E-state index contributed by atoms with van der Waals surface area (Å²) in [6.45, 7) is 5.72. The fourth-order valence-electron chi connectivity index (χ4n) is 2.35. The van der Waals surface area contributed by atoms with E-state index in [1.165, 1.54) is 11.8 Å². The Balaban J connectivity index is 1.98. The minimum atomic E-state index is -0.265. The van der Waals surface area contributed by atoms with Crippen LogP contribution >= 0.6 is 23.4 Å². The summed E-state index contributed by atoms with van der Waals surface area (Å²) in [5, 5.41) is 12.4. The van der Waals surface area contributed by atoms with Crippen LogP contribution in [-0.4, -0.2) is 36.9 Å². The summed E-state index contributed by atoms with van der Waals surface area (Å²) in [6.07, 6.45) is 3.36. The molecular formula is C18H19ClN6OS. The van der Waals surface area contributed by atoms with Crippen molar-refractivity contribution in [1.29, 1.82) is 0 Å². The molecule has 0 spiro atoms. The molecule has 140 valence electrons. The van der Waals surface area contributed by atoms with Gasteiger partial charge in [-0.2, -0.15) is 0 Å². The normalized spacial score (nSPS) is 11.0. The van der Waals surface area contributed by atoms with Crippen LogP contribution in [0.3, 0.4) is 0 Å². The van der Waals surface area contributed by atoms with Gasteiger partial charge in [-0.15, -0.1) is 5.10 Å². The van der Waals surface area contributed by atoms with Crippen LogP contribution in [0.1, 0.15) is 35.6 Å². The maximum atomic E-state index is 12.6. The first-order chi connectivity index (χ1) is 13.0. The van der Waals surface area contributed by atoms with Gasteiger partial charge in [0.2, 0.25) is 0 Å².